The third kappa shape index (κ3) is 3.86. The van der Waals surface area contributed by atoms with Crippen molar-refractivity contribution in [2.45, 2.75) is 29.7 Å². The van der Waals surface area contributed by atoms with Gasteiger partial charge in [0.2, 0.25) is 9.84 Å². The van der Waals surface area contributed by atoms with E-state index in [1.54, 1.807) is 22.1 Å². The Bertz CT molecular complexity index is 1380. The van der Waals surface area contributed by atoms with Crippen molar-refractivity contribution in [1.29, 1.82) is 0 Å². The third-order valence-electron chi connectivity index (χ3n) is 5.22. The monoisotopic (exact) mass is 458 g/mol. The van der Waals surface area contributed by atoms with E-state index in [1.807, 2.05) is 6.92 Å². The van der Waals surface area contributed by atoms with Gasteiger partial charge in [-0.05, 0) is 54.3 Å². The van der Waals surface area contributed by atoms with E-state index in [4.69, 9.17) is 4.74 Å². The fourth-order valence-electron chi connectivity index (χ4n) is 3.65. The first kappa shape index (κ1) is 21.2. The van der Waals surface area contributed by atoms with Gasteiger partial charge in [-0.1, -0.05) is 0 Å². The van der Waals surface area contributed by atoms with Crippen LogP contribution in [-0.2, 0) is 32.3 Å². The highest BCUT2D eigenvalue weighted by molar-refractivity contribution is 7.91. The lowest BCUT2D eigenvalue weighted by Crippen LogP contribution is -2.12. The molecule has 3 aromatic heterocycles. The van der Waals surface area contributed by atoms with Gasteiger partial charge in [0.1, 0.15) is 12.4 Å². The molecular weight excluding hydrogens is 439 g/mol. The van der Waals surface area contributed by atoms with Crippen molar-refractivity contribution in [2.24, 2.45) is 0 Å². The lowest BCUT2D eigenvalue weighted by atomic mass is 10.1. The molecule has 9 heteroatoms. The van der Waals surface area contributed by atoms with Gasteiger partial charge in [-0.25, -0.2) is 12.8 Å². The van der Waals surface area contributed by atoms with Crippen LogP contribution < -0.4 is 0 Å². The fourth-order valence-corrected chi connectivity index (χ4v) is 6.34. The van der Waals surface area contributed by atoms with Gasteiger partial charge in [-0.3, -0.25) is 9.78 Å². The number of thiophene rings is 1. The first-order valence-electron chi connectivity index (χ1n) is 9.38. The molecule has 0 fully saturated rings. The standard InChI is InChI=1S/C22H19FN2O4S2/c1-14-17(18-11-15(23)3-4-19(18)25(14)13-22(26)29-2)12-20-21(7-10-30-20)31(27,28)16-5-8-24-9-6-16/h3-11H,12-13H2,1-2H3. The molecule has 0 spiro atoms. The summed E-state index contributed by atoms with van der Waals surface area (Å²) in [5, 5.41) is 2.37. The number of halogens is 1. The number of aromatic nitrogens is 2. The topological polar surface area (TPSA) is 78.3 Å². The number of hydrogen-bond donors (Lipinski definition) is 0. The maximum Gasteiger partial charge on any atom is 0.325 e. The van der Waals surface area contributed by atoms with Crippen molar-refractivity contribution in [3.05, 3.63) is 76.1 Å². The van der Waals surface area contributed by atoms with E-state index in [-0.39, 0.29) is 22.8 Å². The summed E-state index contributed by atoms with van der Waals surface area (Å²) in [4.78, 5) is 16.8. The van der Waals surface area contributed by atoms with E-state index in [0.29, 0.717) is 15.8 Å². The molecule has 0 N–H and O–H groups in total. The van der Waals surface area contributed by atoms with E-state index in [1.165, 1.54) is 55.1 Å². The number of benzene rings is 1. The minimum absolute atomic E-state index is 0.0168. The lowest BCUT2D eigenvalue weighted by Gasteiger charge is -2.08. The van der Waals surface area contributed by atoms with Crippen LogP contribution in [0, 0.1) is 12.7 Å². The zero-order chi connectivity index (χ0) is 22.2. The number of sulfone groups is 1. The van der Waals surface area contributed by atoms with Crippen LogP contribution >= 0.6 is 11.3 Å². The summed E-state index contributed by atoms with van der Waals surface area (Å²) >= 11 is 1.33. The van der Waals surface area contributed by atoms with Gasteiger partial charge in [-0.15, -0.1) is 11.3 Å². The van der Waals surface area contributed by atoms with Gasteiger partial charge < -0.3 is 9.30 Å². The molecule has 0 aliphatic rings. The van der Waals surface area contributed by atoms with Crippen LogP contribution in [0.4, 0.5) is 4.39 Å². The number of carbonyl (C=O) groups excluding carboxylic acids is 1. The Balaban J connectivity index is 1.83. The molecule has 0 unspecified atom stereocenters. The molecule has 31 heavy (non-hydrogen) atoms. The number of nitrogens with zero attached hydrogens (tertiary/aromatic N) is 2. The van der Waals surface area contributed by atoms with Gasteiger partial charge in [0, 0.05) is 40.3 Å². The molecule has 0 bridgehead atoms. The summed E-state index contributed by atoms with van der Waals surface area (Å²) in [6.07, 6.45) is 3.16. The molecule has 0 saturated heterocycles. The average Bonchev–Trinajstić information content (AvgIpc) is 3.33. The molecular formula is C22H19FN2O4S2. The molecule has 6 nitrogen and oxygen atoms in total. The number of ether oxygens (including phenoxy) is 1. The molecule has 0 radical (unpaired) electrons. The van der Waals surface area contributed by atoms with Gasteiger partial charge >= 0.3 is 5.97 Å². The van der Waals surface area contributed by atoms with Crippen LogP contribution in [0.3, 0.4) is 0 Å². The zero-order valence-electron chi connectivity index (χ0n) is 16.8. The van der Waals surface area contributed by atoms with E-state index < -0.39 is 21.6 Å². The highest BCUT2D eigenvalue weighted by atomic mass is 32.2. The maximum atomic E-state index is 14.1. The summed E-state index contributed by atoms with van der Waals surface area (Å²) < 4.78 is 46.9. The maximum absolute atomic E-state index is 14.1. The molecule has 3 heterocycles. The molecule has 0 saturated carbocycles. The van der Waals surface area contributed by atoms with Crippen molar-refractivity contribution in [2.75, 3.05) is 7.11 Å². The van der Waals surface area contributed by atoms with Crippen LogP contribution in [0.2, 0.25) is 0 Å². The summed E-state index contributed by atoms with van der Waals surface area (Å²) in [5.41, 5.74) is 2.22. The molecule has 0 amide bonds. The Kier molecular flexibility index (Phi) is 5.63. The van der Waals surface area contributed by atoms with Crippen molar-refractivity contribution in [3.63, 3.8) is 0 Å². The fraction of sp³-hybridized carbons (Fsp3) is 0.182. The predicted octanol–water partition coefficient (Wildman–Crippen LogP) is 4.14. The van der Waals surface area contributed by atoms with Crippen molar-refractivity contribution in [3.8, 4) is 0 Å². The quantitative estimate of drug-likeness (QED) is 0.406. The van der Waals surface area contributed by atoms with E-state index in [9.17, 15) is 17.6 Å². The Morgan fingerprint density at radius 2 is 1.94 bits per heavy atom. The third-order valence-corrected chi connectivity index (χ3v) is 8.13. The average molecular weight is 459 g/mol. The SMILES string of the molecule is COC(=O)Cn1c(C)c(Cc2sccc2S(=O)(=O)c2ccncc2)c2cc(F)ccc21. The molecule has 1 aromatic carbocycles. The molecule has 160 valence electrons. The normalized spacial score (nSPS) is 11.7. The highest BCUT2D eigenvalue weighted by Crippen LogP contribution is 2.34. The van der Waals surface area contributed by atoms with Gasteiger partial charge in [0.15, 0.2) is 0 Å². The minimum Gasteiger partial charge on any atom is -0.468 e. The Hall–Kier alpha value is -3.04. The van der Waals surface area contributed by atoms with Crippen molar-refractivity contribution < 1.29 is 22.3 Å². The second kappa shape index (κ2) is 8.24. The molecule has 0 aliphatic carbocycles. The second-order valence-corrected chi connectivity index (χ2v) is 9.88. The first-order chi connectivity index (χ1) is 14.8. The lowest BCUT2D eigenvalue weighted by molar-refractivity contribution is -0.141. The van der Waals surface area contributed by atoms with Gasteiger partial charge in [-0.2, -0.15) is 0 Å². The number of esters is 1. The number of rotatable bonds is 6. The van der Waals surface area contributed by atoms with Crippen molar-refractivity contribution in [1.82, 2.24) is 9.55 Å². The highest BCUT2D eigenvalue weighted by Gasteiger charge is 2.25. The zero-order valence-corrected chi connectivity index (χ0v) is 18.5. The Labute approximate surface area is 182 Å². The largest absolute Gasteiger partial charge is 0.468 e. The van der Waals surface area contributed by atoms with Crippen LogP contribution in [0.5, 0.6) is 0 Å². The Morgan fingerprint density at radius 3 is 2.65 bits per heavy atom. The summed E-state index contributed by atoms with van der Waals surface area (Å²) in [7, 11) is -2.41. The van der Waals surface area contributed by atoms with Crippen LogP contribution in [-0.4, -0.2) is 31.0 Å². The van der Waals surface area contributed by atoms with Crippen molar-refractivity contribution >= 4 is 38.0 Å². The van der Waals surface area contributed by atoms with Crippen LogP contribution in [0.1, 0.15) is 16.1 Å². The molecule has 0 atom stereocenters. The van der Waals surface area contributed by atoms with Gasteiger partial charge in [0.25, 0.3) is 0 Å². The second-order valence-electron chi connectivity index (χ2n) is 6.96. The number of pyridine rings is 1. The molecule has 4 rings (SSSR count). The number of carbonyl (C=O) groups is 1. The van der Waals surface area contributed by atoms with Crippen LogP contribution in [0.25, 0.3) is 10.9 Å². The van der Waals surface area contributed by atoms with E-state index in [2.05, 4.69) is 4.98 Å². The number of methoxy groups -OCH3 is 1. The smallest absolute Gasteiger partial charge is 0.325 e. The predicted molar refractivity (Wildman–Crippen MR) is 115 cm³/mol. The molecule has 4 aromatic rings. The minimum atomic E-state index is -3.72. The number of hydrogen-bond acceptors (Lipinski definition) is 6. The van der Waals surface area contributed by atoms with E-state index in [0.717, 1.165) is 11.3 Å². The van der Waals surface area contributed by atoms with E-state index >= 15 is 0 Å². The first-order valence-corrected chi connectivity index (χ1v) is 11.7. The number of fused-ring (bicyclic) bond motifs is 1. The Morgan fingerprint density at radius 1 is 1.19 bits per heavy atom. The summed E-state index contributed by atoms with van der Waals surface area (Å²) in [6.45, 7) is 1.82. The summed E-state index contributed by atoms with van der Waals surface area (Å²) in [6, 6.07) is 8.87. The van der Waals surface area contributed by atoms with Gasteiger partial charge in [0.05, 0.1) is 16.9 Å². The van der Waals surface area contributed by atoms with Crippen LogP contribution in [0.15, 0.2) is 64.0 Å². The molecule has 0 aliphatic heterocycles. The summed E-state index contributed by atoms with van der Waals surface area (Å²) in [5.74, 6) is -0.826.